The minimum Gasteiger partial charge on any atom is -0.480 e. The van der Waals surface area contributed by atoms with E-state index in [1.807, 2.05) is 0 Å². The number of anilines is 1. The predicted octanol–water partition coefficient (Wildman–Crippen LogP) is 2.09. The molecule has 1 aromatic heterocycles. The molecule has 0 saturated heterocycles. The normalized spacial score (nSPS) is 9.73. The van der Waals surface area contributed by atoms with Crippen molar-refractivity contribution in [2.24, 2.45) is 0 Å². The summed E-state index contributed by atoms with van der Waals surface area (Å²) in [6.07, 6.45) is 0. The van der Waals surface area contributed by atoms with E-state index in [4.69, 9.17) is 22.1 Å². The zero-order valence-corrected chi connectivity index (χ0v) is 8.11. The molecule has 1 heterocycles. The van der Waals surface area contributed by atoms with Crippen molar-refractivity contribution < 1.29 is 4.74 Å². The van der Waals surface area contributed by atoms with Crippen LogP contribution < -0.4 is 10.5 Å². The highest BCUT2D eigenvalue weighted by Gasteiger charge is 2.05. The van der Waals surface area contributed by atoms with Crippen molar-refractivity contribution in [2.45, 2.75) is 0 Å². The highest BCUT2D eigenvalue weighted by atomic mass is 79.9. The first kappa shape index (κ1) is 8.62. The number of rotatable bonds is 1. The van der Waals surface area contributed by atoms with Crippen LogP contribution in [-0.4, -0.2) is 12.1 Å². The summed E-state index contributed by atoms with van der Waals surface area (Å²) in [6, 6.07) is 1.64. The molecule has 11 heavy (non-hydrogen) atoms. The lowest BCUT2D eigenvalue weighted by Gasteiger charge is -2.03. The summed E-state index contributed by atoms with van der Waals surface area (Å²) in [4.78, 5) is 3.87. The van der Waals surface area contributed by atoms with Gasteiger partial charge in [-0.2, -0.15) is 4.98 Å². The second-order valence-corrected chi connectivity index (χ2v) is 3.11. The van der Waals surface area contributed by atoms with Crippen LogP contribution in [0.5, 0.6) is 5.88 Å². The van der Waals surface area contributed by atoms with Crippen molar-refractivity contribution >= 4 is 33.3 Å². The van der Waals surface area contributed by atoms with E-state index in [1.165, 1.54) is 7.11 Å². The Morgan fingerprint density at radius 2 is 2.36 bits per heavy atom. The number of pyridine rings is 1. The average molecular weight is 237 g/mol. The van der Waals surface area contributed by atoms with Crippen LogP contribution in [-0.2, 0) is 0 Å². The quantitative estimate of drug-likeness (QED) is 0.813. The molecule has 0 amide bonds. The van der Waals surface area contributed by atoms with Gasteiger partial charge < -0.3 is 10.5 Å². The lowest BCUT2D eigenvalue weighted by atomic mass is 10.4. The minimum absolute atomic E-state index is 0.270. The Kier molecular flexibility index (Phi) is 2.57. The van der Waals surface area contributed by atoms with Crippen LogP contribution in [0, 0.1) is 0 Å². The van der Waals surface area contributed by atoms with Gasteiger partial charge in [0.25, 0.3) is 0 Å². The number of halogens is 2. The van der Waals surface area contributed by atoms with Crippen LogP contribution in [0.4, 0.5) is 5.82 Å². The van der Waals surface area contributed by atoms with Crippen molar-refractivity contribution in [3.05, 3.63) is 15.6 Å². The molecule has 3 nitrogen and oxygen atoms in total. The van der Waals surface area contributed by atoms with E-state index >= 15 is 0 Å². The first-order chi connectivity index (χ1) is 5.15. The fraction of sp³-hybridized carbons (Fsp3) is 0.167. The number of ether oxygens (including phenoxy) is 1. The second kappa shape index (κ2) is 3.28. The van der Waals surface area contributed by atoms with E-state index in [-0.39, 0.29) is 5.82 Å². The van der Waals surface area contributed by atoms with Gasteiger partial charge in [0.2, 0.25) is 5.88 Å². The Hall–Kier alpha value is -0.480. The minimum atomic E-state index is 0.270. The number of aromatic nitrogens is 1. The third-order valence-corrected chi connectivity index (χ3v) is 1.99. The molecule has 0 aliphatic rings. The van der Waals surface area contributed by atoms with Crippen molar-refractivity contribution in [1.82, 2.24) is 4.98 Å². The van der Waals surface area contributed by atoms with E-state index in [2.05, 4.69) is 20.9 Å². The van der Waals surface area contributed by atoms with Crippen LogP contribution in [0.3, 0.4) is 0 Å². The van der Waals surface area contributed by atoms with Crippen molar-refractivity contribution in [3.63, 3.8) is 0 Å². The molecular weight excluding hydrogens is 231 g/mol. The van der Waals surface area contributed by atoms with Crippen LogP contribution >= 0.6 is 27.5 Å². The molecule has 1 aromatic rings. The molecule has 0 unspecified atom stereocenters. The van der Waals surface area contributed by atoms with Crippen molar-refractivity contribution in [3.8, 4) is 5.88 Å². The largest absolute Gasteiger partial charge is 0.480 e. The van der Waals surface area contributed by atoms with Gasteiger partial charge in [0.15, 0.2) is 0 Å². The van der Waals surface area contributed by atoms with Gasteiger partial charge in [-0.15, -0.1) is 0 Å². The van der Waals surface area contributed by atoms with Crippen molar-refractivity contribution in [1.29, 1.82) is 0 Å². The third kappa shape index (κ3) is 1.75. The number of nitrogens with zero attached hydrogens (tertiary/aromatic N) is 1. The zero-order valence-electron chi connectivity index (χ0n) is 5.77. The number of nitrogens with two attached hydrogens (primary N) is 1. The van der Waals surface area contributed by atoms with Crippen LogP contribution in [0.25, 0.3) is 0 Å². The molecule has 0 aliphatic carbocycles. The highest BCUT2D eigenvalue weighted by molar-refractivity contribution is 9.10. The van der Waals surface area contributed by atoms with Gasteiger partial charge >= 0.3 is 0 Å². The fourth-order valence-electron chi connectivity index (χ4n) is 0.606. The van der Waals surface area contributed by atoms with Crippen LogP contribution in [0.2, 0.25) is 5.02 Å². The topological polar surface area (TPSA) is 48.1 Å². The molecule has 0 atom stereocenters. The Bertz CT molecular complexity index is 280. The molecule has 1 rings (SSSR count). The maximum atomic E-state index is 5.67. The summed E-state index contributed by atoms with van der Waals surface area (Å²) >= 11 is 8.88. The lowest BCUT2D eigenvalue weighted by Crippen LogP contribution is -1.95. The predicted molar refractivity (Wildman–Crippen MR) is 47.9 cm³/mol. The maximum Gasteiger partial charge on any atom is 0.229 e. The van der Waals surface area contributed by atoms with Gasteiger partial charge in [0.05, 0.1) is 16.6 Å². The highest BCUT2D eigenvalue weighted by Crippen LogP contribution is 2.28. The molecular formula is C6H6BrClN2O. The molecule has 0 spiro atoms. The Balaban J connectivity index is 3.21. The number of hydrogen-bond acceptors (Lipinski definition) is 3. The monoisotopic (exact) mass is 236 g/mol. The van der Waals surface area contributed by atoms with Gasteiger partial charge in [0.1, 0.15) is 5.82 Å². The summed E-state index contributed by atoms with van der Waals surface area (Å²) in [5.74, 6) is 0.707. The average Bonchev–Trinajstić information content (AvgIpc) is 1.97. The van der Waals surface area contributed by atoms with Gasteiger partial charge in [-0.25, -0.2) is 0 Å². The standard InChI is InChI=1S/C6H6BrClN2O/c1-11-6-3(7)2-4(8)5(9)10-6/h2H,1H3,(H2,9,10). The van der Waals surface area contributed by atoms with E-state index in [9.17, 15) is 0 Å². The van der Waals surface area contributed by atoms with E-state index in [1.54, 1.807) is 6.07 Å². The summed E-state index contributed by atoms with van der Waals surface area (Å²) in [7, 11) is 1.51. The molecule has 2 N–H and O–H groups in total. The Morgan fingerprint density at radius 1 is 1.73 bits per heavy atom. The molecule has 0 radical (unpaired) electrons. The number of hydrogen-bond donors (Lipinski definition) is 1. The Morgan fingerprint density at radius 3 is 2.91 bits per heavy atom. The fourth-order valence-corrected chi connectivity index (χ4v) is 1.37. The Labute approximate surface area is 77.6 Å². The molecule has 0 bridgehead atoms. The van der Waals surface area contributed by atoms with Crippen LogP contribution in [0.15, 0.2) is 10.5 Å². The van der Waals surface area contributed by atoms with E-state index in [0.29, 0.717) is 15.4 Å². The molecule has 5 heteroatoms. The number of nitrogen functional groups attached to an aromatic ring is 1. The van der Waals surface area contributed by atoms with E-state index in [0.717, 1.165) is 0 Å². The summed E-state index contributed by atoms with van der Waals surface area (Å²) < 4.78 is 5.58. The summed E-state index contributed by atoms with van der Waals surface area (Å²) in [6.45, 7) is 0. The second-order valence-electron chi connectivity index (χ2n) is 1.85. The van der Waals surface area contributed by atoms with Crippen molar-refractivity contribution in [2.75, 3.05) is 12.8 Å². The smallest absolute Gasteiger partial charge is 0.229 e. The maximum absolute atomic E-state index is 5.67. The van der Waals surface area contributed by atoms with E-state index < -0.39 is 0 Å². The van der Waals surface area contributed by atoms with Gasteiger partial charge in [-0.05, 0) is 22.0 Å². The lowest BCUT2D eigenvalue weighted by molar-refractivity contribution is 0.396. The SMILES string of the molecule is COc1nc(N)c(Cl)cc1Br. The molecule has 60 valence electrons. The summed E-state index contributed by atoms with van der Waals surface area (Å²) in [5, 5.41) is 0.415. The molecule has 0 aromatic carbocycles. The van der Waals surface area contributed by atoms with Gasteiger partial charge in [-0.1, -0.05) is 11.6 Å². The number of methoxy groups -OCH3 is 1. The zero-order chi connectivity index (χ0) is 8.43. The third-order valence-electron chi connectivity index (χ3n) is 1.12. The summed E-state index contributed by atoms with van der Waals surface area (Å²) in [5.41, 5.74) is 5.42. The molecule has 0 fully saturated rings. The van der Waals surface area contributed by atoms with Gasteiger partial charge in [0, 0.05) is 0 Å². The van der Waals surface area contributed by atoms with Gasteiger partial charge in [-0.3, -0.25) is 0 Å². The molecule has 0 saturated carbocycles. The first-order valence-electron chi connectivity index (χ1n) is 2.80. The first-order valence-corrected chi connectivity index (χ1v) is 3.97. The molecule has 0 aliphatic heterocycles. The van der Waals surface area contributed by atoms with Crippen LogP contribution in [0.1, 0.15) is 0 Å².